The Morgan fingerprint density at radius 1 is 1.13 bits per heavy atom. The van der Waals surface area contributed by atoms with Gasteiger partial charge in [-0.2, -0.15) is 0 Å². The van der Waals surface area contributed by atoms with Gasteiger partial charge < -0.3 is 4.57 Å². The fourth-order valence-corrected chi connectivity index (χ4v) is 3.40. The van der Waals surface area contributed by atoms with E-state index < -0.39 is 0 Å². The molecule has 2 amide bonds. The summed E-state index contributed by atoms with van der Waals surface area (Å²) in [6, 6.07) is 11.6. The Morgan fingerprint density at radius 3 is 2.43 bits per heavy atom. The molecule has 118 valence electrons. The van der Waals surface area contributed by atoms with Crippen molar-refractivity contribution < 1.29 is 9.59 Å². The smallest absolute Gasteiger partial charge is 0.293 e. The number of thioether (sulfide) groups is 1. The van der Waals surface area contributed by atoms with E-state index in [1.54, 1.807) is 0 Å². The van der Waals surface area contributed by atoms with Gasteiger partial charge in [-0.1, -0.05) is 30.3 Å². The fraction of sp³-hybridized carbons (Fsp3) is 0.222. The number of benzene rings is 1. The van der Waals surface area contributed by atoms with E-state index >= 15 is 0 Å². The van der Waals surface area contributed by atoms with Gasteiger partial charge in [-0.15, -0.1) is 0 Å². The lowest BCUT2D eigenvalue weighted by atomic mass is 10.2. The zero-order chi connectivity index (χ0) is 16.6. The van der Waals surface area contributed by atoms with E-state index in [-0.39, 0.29) is 11.1 Å². The van der Waals surface area contributed by atoms with Crippen molar-refractivity contribution in [2.24, 2.45) is 7.05 Å². The van der Waals surface area contributed by atoms with Crippen molar-refractivity contribution in [2.45, 2.75) is 20.4 Å². The van der Waals surface area contributed by atoms with Crippen molar-refractivity contribution >= 4 is 29.0 Å². The molecule has 0 aliphatic carbocycles. The largest absolute Gasteiger partial charge is 0.352 e. The van der Waals surface area contributed by atoms with Crippen LogP contribution in [0.15, 0.2) is 41.3 Å². The predicted molar refractivity (Wildman–Crippen MR) is 92.8 cm³/mol. The molecular formula is C18H18N2O2S. The van der Waals surface area contributed by atoms with Crippen molar-refractivity contribution in [2.75, 3.05) is 0 Å². The number of imide groups is 1. The highest BCUT2D eigenvalue weighted by molar-refractivity contribution is 8.18. The number of carbonyl (C=O) groups excluding carboxylic acids is 2. The molecule has 0 atom stereocenters. The van der Waals surface area contributed by atoms with Crippen LogP contribution >= 0.6 is 11.8 Å². The quantitative estimate of drug-likeness (QED) is 0.804. The fourth-order valence-electron chi connectivity index (χ4n) is 2.57. The zero-order valence-electron chi connectivity index (χ0n) is 13.4. The Balaban J connectivity index is 1.86. The molecule has 4 nitrogen and oxygen atoms in total. The average Bonchev–Trinajstić information content (AvgIpc) is 2.94. The Bertz CT molecular complexity index is 806. The molecule has 1 fully saturated rings. The monoisotopic (exact) mass is 326 g/mol. The Labute approximate surface area is 139 Å². The first-order valence-electron chi connectivity index (χ1n) is 7.39. The molecule has 3 rings (SSSR count). The van der Waals surface area contributed by atoms with Crippen LogP contribution in [0.1, 0.15) is 22.5 Å². The molecule has 5 heteroatoms. The van der Waals surface area contributed by atoms with E-state index in [9.17, 15) is 9.59 Å². The second kappa shape index (κ2) is 6.08. The summed E-state index contributed by atoms with van der Waals surface area (Å²) in [5.74, 6) is -0.218. The van der Waals surface area contributed by atoms with E-state index in [0.29, 0.717) is 11.4 Å². The van der Waals surface area contributed by atoms with Crippen LogP contribution in [0.2, 0.25) is 0 Å². The molecule has 0 N–H and O–H groups in total. The van der Waals surface area contributed by atoms with Crippen LogP contribution in [0.3, 0.4) is 0 Å². The predicted octanol–water partition coefficient (Wildman–Crippen LogP) is 3.88. The second-order valence-corrected chi connectivity index (χ2v) is 6.63. The molecule has 1 aliphatic heterocycles. The maximum Gasteiger partial charge on any atom is 0.293 e. The number of aromatic nitrogens is 1. The third kappa shape index (κ3) is 2.97. The van der Waals surface area contributed by atoms with Gasteiger partial charge in [0.15, 0.2) is 0 Å². The van der Waals surface area contributed by atoms with Crippen LogP contribution in [-0.4, -0.2) is 20.6 Å². The maximum atomic E-state index is 12.5. The first-order chi connectivity index (χ1) is 11.0. The highest BCUT2D eigenvalue weighted by Gasteiger charge is 2.35. The van der Waals surface area contributed by atoms with Crippen LogP contribution in [0.4, 0.5) is 4.79 Å². The third-order valence-electron chi connectivity index (χ3n) is 4.16. The molecule has 0 unspecified atom stereocenters. The van der Waals surface area contributed by atoms with Gasteiger partial charge in [-0.25, -0.2) is 0 Å². The summed E-state index contributed by atoms with van der Waals surface area (Å²) in [7, 11) is 1.99. The number of rotatable bonds is 3. The SMILES string of the molecule is Cc1cc(/C=C2\SC(=O)N(Cc3ccccc3)C2=O)c(C)n1C. The van der Waals surface area contributed by atoms with Gasteiger partial charge in [0.2, 0.25) is 0 Å². The summed E-state index contributed by atoms with van der Waals surface area (Å²) in [6.45, 7) is 4.34. The topological polar surface area (TPSA) is 42.3 Å². The highest BCUT2D eigenvalue weighted by atomic mass is 32.2. The molecule has 0 saturated carbocycles. The summed E-state index contributed by atoms with van der Waals surface area (Å²) in [5.41, 5.74) is 4.13. The normalized spacial score (nSPS) is 16.7. The summed E-state index contributed by atoms with van der Waals surface area (Å²) in [6.07, 6.45) is 1.82. The Kier molecular flexibility index (Phi) is 4.13. The lowest BCUT2D eigenvalue weighted by molar-refractivity contribution is -0.123. The average molecular weight is 326 g/mol. The van der Waals surface area contributed by atoms with Crippen LogP contribution < -0.4 is 0 Å². The van der Waals surface area contributed by atoms with E-state index in [1.165, 1.54) is 4.90 Å². The molecule has 23 heavy (non-hydrogen) atoms. The minimum absolute atomic E-state index is 0.213. The molecule has 1 saturated heterocycles. The van der Waals surface area contributed by atoms with Gasteiger partial charge in [0.25, 0.3) is 11.1 Å². The van der Waals surface area contributed by atoms with Gasteiger partial charge in [0.05, 0.1) is 11.4 Å². The van der Waals surface area contributed by atoms with Crippen molar-refractivity contribution in [3.63, 3.8) is 0 Å². The number of amides is 2. The van der Waals surface area contributed by atoms with E-state index in [2.05, 4.69) is 4.57 Å². The Morgan fingerprint density at radius 2 is 1.83 bits per heavy atom. The summed E-state index contributed by atoms with van der Waals surface area (Å²) >= 11 is 1.01. The molecular weight excluding hydrogens is 308 g/mol. The zero-order valence-corrected chi connectivity index (χ0v) is 14.2. The van der Waals surface area contributed by atoms with E-state index in [4.69, 9.17) is 0 Å². The minimum Gasteiger partial charge on any atom is -0.352 e. The van der Waals surface area contributed by atoms with Crippen LogP contribution in [0.5, 0.6) is 0 Å². The number of hydrogen-bond acceptors (Lipinski definition) is 3. The standard InChI is InChI=1S/C18H18N2O2S/c1-12-9-15(13(2)19(12)3)10-16-17(21)20(18(22)23-16)11-14-7-5-4-6-8-14/h4-10H,11H2,1-3H3/b16-10-. The van der Waals surface area contributed by atoms with E-state index in [0.717, 1.165) is 34.3 Å². The molecule has 0 spiro atoms. The van der Waals surface area contributed by atoms with Crippen LogP contribution in [0.25, 0.3) is 6.08 Å². The Hall–Kier alpha value is -2.27. The van der Waals surface area contributed by atoms with Gasteiger partial charge in [-0.3, -0.25) is 14.5 Å². The molecule has 2 heterocycles. The van der Waals surface area contributed by atoms with Crippen molar-refractivity contribution in [3.05, 3.63) is 63.8 Å². The molecule has 0 bridgehead atoms. The van der Waals surface area contributed by atoms with Gasteiger partial charge >= 0.3 is 0 Å². The number of nitrogens with zero attached hydrogens (tertiary/aromatic N) is 2. The van der Waals surface area contributed by atoms with E-state index in [1.807, 2.05) is 63.4 Å². The van der Waals surface area contributed by atoms with Crippen LogP contribution in [0, 0.1) is 13.8 Å². The van der Waals surface area contributed by atoms with Gasteiger partial charge in [0.1, 0.15) is 0 Å². The minimum atomic E-state index is -0.218. The van der Waals surface area contributed by atoms with Crippen molar-refractivity contribution in [3.8, 4) is 0 Å². The maximum absolute atomic E-state index is 12.5. The van der Waals surface area contributed by atoms with Gasteiger partial charge in [0, 0.05) is 18.4 Å². The van der Waals surface area contributed by atoms with Crippen LogP contribution in [-0.2, 0) is 18.4 Å². The molecule has 1 aromatic heterocycles. The number of carbonyl (C=O) groups is 2. The summed E-state index contributed by atoms with van der Waals surface area (Å²) < 4.78 is 2.07. The molecule has 1 aliphatic rings. The third-order valence-corrected chi connectivity index (χ3v) is 5.07. The first kappa shape index (κ1) is 15.6. The number of hydrogen-bond donors (Lipinski definition) is 0. The molecule has 2 aromatic rings. The van der Waals surface area contributed by atoms with Gasteiger partial charge in [-0.05, 0) is 48.9 Å². The van der Waals surface area contributed by atoms with Crippen molar-refractivity contribution in [1.82, 2.24) is 9.47 Å². The first-order valence-corrected chi connectivity index (χ1v) is 8.21. The molecule has 0 radical (unpaired) electrons. The number of aryl methyl sites for hydroxylation is 1. The second-order valence-electron chi connectivity index (χ2n) is 5.64. The summed E-state index contributed by atoms with van der Waals surface area (Å²) in [4.78, 5) is 26.5. The lowest BCUT2D eigenvalue weighted by Gasteiger charge is -2.12. The molecule has 1 aromatic carbocycles. The lowest BCUT2D eigenvalue weighted by Crippen LogP contribution is -2.27. The summed E-state index contributed by atoms with van der Waals surface area (Å²) in [5, 5.41) is -0.213. The van der Waals surface area contributed by atoms with Crippen molar-refractivity contribution in [1.29, 1.82) is 0 Å². The highest BCUT2D eigenvalue weighted by Crippen LogP contribution is 2.34.